The van der Waals surface area contributed by atoms with Crippen LogP contribution in [0.15, 0.2) is 36.7 Å². The number of ether oxygens (including phenoxy) is 1. The van der Waals surface area contributed by atoms with E-state index in [0.717, 1.165) is 12.1 Å². The molecule has 2 aromatic rings. The van der Waals surface area contributed by atoms with Crippen molar-refractivity contribution in [2.45, 2.75) is 25.6 Å². The number of benzene rings is 1. The van der Waals surface area contributed by atoms with E-state index in [-0.39, 0.29) is 12.0 Å². The molecule has 1 atom stereocenters. The minimum absolute atomic E-state index is 0.173. The molecule has 0 amide bonds. The first-order chi connectivity index (χ1) is 10.2. The molecule has 0 aliphatic carbocycles. The second kappa shape index (κ2) is 5.69. The van der Waals surface area contributed by atoms with Crippen molar-refractivity contribution in [3.8, 4) is 0 Å². The van der Waals surface area contributed by atoms with Gasteiger partial charge in [-0.05, 0) is 17.5 Å². The maximum absolute atomic E-state index is 12.1. The zero-order valence-corrected chi connectivity index (χ0v) is 12.3. The quantitative estimate of drug-likeness (QED) is 0.802. The Morgan fingerprint density at radius 2 is 2.14 bits per heavy atom. The third kappa shape index (κ3) is 2.83. The van der Waals surface area contributed by atoms with Gasteiger partial charge in [-0.3, -0.25) is 14.4 Å². The molecule has 0 N–H and O–H groups in total. The predicted molar refractivity (Wildman–Crippen MR) is 78.4 cm³/mol. The summed E-state index contributed by atoms with van der Waals surface area (Å²) in [6, 6.07) is 8.04. The zero-order valence-electron chi connectivity index (χ0n) is 12.3. The molecule has 1 aliphatic heterocycles. The van der Waals surface area contributed by atoms with Crippen molar-refractivity contribution in [2.24, 2.45) is 7.05 Å². The fraction of sp³-hybridized carbons (Fsp3) is 0.375. The van der Waals surface area contributed by atoms with E-state index in [1.807, 2.05) is 31.6 Å². The lowest BCUT2D eigenvalue weighted by atomic mass is 9.93. The largest absolute Gasteiger partial charge is 0.468 e. The highest BCUT2D eigenvalue weighted by molar-refractivity contribution is 5.76. The van der Waals surface area contributed by atoms with Crippen molar-refractivity contribution >= 4 is 5.97 Å². The molecule has 0 spiro atoms. The highest BCUT2D eigenvalue weighted by Crippen LogP contribution is 2.25. The van der Waals surface area contributed by atoms with Gasteiger partial charge in [0.15, 0.2) is 0 Å². The van der Waals surface area contributed by atoms with Crippen molar-refractivity contribution in [2.75, 3.05) is 7.11 Å². The van der Waals surface area contributed by atoms with Gasteiger partial charge in [0.2, 0.25) is 0 Å². The van der Waals surface area contributed by atoms with Crippen LogP contribution in [0.5, 0.6) is 0 Å². The Bertz CT molecular complexity index is 650. The van der Waals surface area contributed by atoms with Gasteiger partial charge in [-0.2, -0.15) is 5.10 Å². The fourth-order valence-corrected chi connectivity index (χ4v) is 2.90. The maximum Gasteiger partial charge on any atom is 0.323 e. The Hall–Kier alpha value is -2.14. The van der Waals surface area contributed by atoms with E-state index in [0.29, 0.717) is 13.0 Å². The molecule has 1 unspecified atom stereocenters. The van der Waals surface area contributed by atoms with Crippen LogP contribution in [0.1, 0.15) is 16.7 Å². The van der Waals surface area contributed by atoms with Crippen LogP contribution in [0.4, 0.5) is 0 Å². The number of nitrogens with zero attached hydrogens (tertiary/aromatic N) is 3. The van der Waals surface area contributed by atoms with Gasteiger partial charge in [-0.15, -0.1) is 0 Å². The molecule has 1 aromatic carbocycles. The number of carbonyl (C=O) groups is 1. The van der Waals surface area contributed by atoms with Gasteiger partial charge in [0.05, 0.1) is 13.3 Å². The number of carbonyl (C=O) groups excluding carboxylic acids is 1. The van der Waals surface area contributed by atoms with Gasteiger partial charge in [-0.25, -0.2) is 0 Å². The van der Waals surface area contributed by atoms with Crippen LogP contribution in [0.25, 0.3) is 0 Å². The Morgan fingerprint density at radius 1 is 1.38 bits per heavy atom. The highest BCUT2D eigenvalue weighted by atomic mass is 16.5. The summed E-state index contributed by atoms with van der Waals surface area (Å²) in [5.74, 6) is -0.173. The minimum Gasteiger partial charge on any atom is -0.468 e. The summed E-state index contributed by atoms with van der Waals surface area (Å²) in [4.78, 5) is 14.3. The van der Waals surface area contributed by atoms with Crippen molar-refractivity contribution in [3.63, 3.8) is 0 Å². The molecular weight excluding hydrogens is 266 g/mol. The first kappa shape index (κ1) is 13.8. The Labute approximate surface area is 124 Å². The Balaban J connectivity index is 1.87. The summed E-state index contributed by atoms with van der Waals surface area (Å²) in [6.07, 6.45) is 4.52. The summed E-state index contributed by atoms with van der Waals surface area (Å²) in [6.45, 7) is 1.45. The van der Waals surface area contributed by atoms with E-state index in [1.165, 1.54) is 18.2 Å². The van der Waals surface area contributed by atoms with Crippen molar-refractivity contribution in [1.82, 2.24) is 14.7 Å². The SMILES string of the molecule is COC(=O)C1Cc2ccccc2CN1Cc1cnn(C)c1. The molecule has 5 heteroatoms. The number of hydrogen-bond donors (Lipinski definition) is 0. The molecule has 0 fully saturated rings. The smallest absolute Gasteiger partial charge is 0.323 e. The van der Waals surface area contributed by atoms with Crippen molar-refractivity contribution < 1.29 is 9.53 Å². The van der Waals surface area contributed by atoms with Gasteiger partial charge in [0, 0.05) is 31.9 Å². The van der Waals surface area contributed by atoms with Crippen LogP contribution >= 0.6 is 0 Å². The lowest BCUT2D eigenvalue weighted by molar-refractivity contribution is -0.147. The highest BCUT2D eigenvalue weighted by Gasteiger charge is 2.32. The maximum atomic E-state index is 12.1. The average molecular weight is 285 g/mol. The van der Waals surface area contributed by atoms with E-state index in [4.69, 9.17) is 4.74 Å². The fourth-order valence-electron chi connectivity index (χ4n) is 2.90. The first-order valence-electron chi connectivity index (χ1n) is 7.03. The molecule has 0 bridgehead atoms. The third-order valence-corrected chi connectivity index (χ3v) is 3.96. The topological polar surface area (TPSA) is 47.4 Å². The predicted octanol–water partition coefficient (Wildman–Crippen LogP) is 1.52. The van der Waals surface area contributed by atoms with Gasteiger partial charge < -0.3 is 4.74 Å². The molecule has 0 saturated heterocycles. The monoisotopic (exact) mass is 285 g/mol. The van der Waals surface area contributed by atoms with Gasteiger partial charge in [0.1, 0.15) is 6.04 Å². The molecular formula is C16H19N3O2. The lowest BCUT2D eigenvalue weighted by Gasteiger charge is -2.34. The summed E-state index contributed by atoms with van der Waals surface area (Å²) >= 11 is 0. The minimum atomic E-state index is -0.231. The van der Waals surface area contributed by atoms with Crippen LogP contribution < -0.4 is 0 Å². The second-order valence-electron chi connectivity index (χ2n) is 5.44. The van der Waals surface area contributed by atoms with Gasteiger partial charge >= 0.3 is 5.97 Å². The Morgan fingerprint density at radius 3 is 2.81 bits per heavy atom. The second-order valence-corrected chi connectivity index (χ2v) is 5.44. The average Bonchev–Trinajstić information content (AvgIpc) is 2.91. The van der Waals surface area contributed by atoms with E-state index in [1.54, 1.807) is 4.68 Å². The number of hydrogen-bond acceptors (Lipinski definition) is 4. The van der Waals surface area contributed by atoms with Crippen LogP contribution in [-0.2, 0) is 36.1 Å². The number of rotatable bonds is 3. The molecule has 1 aromatic heterocycles. The summed E-state index contributed by atoms with van der Waals surface area (Å²) in [5.41, 5.74) is 3.61. The number of aromatic nitrogens is 2. The molecule has 110 valence electrons. The molecule has 0 radical (unpaired) electrons. The summed E-state index contributed by atoms with van der Waals surface area (Å²) < 4.78 is 6.75. The molecule has 1 aliphatic rings. The molecule has 3 rings (SSSR count). The van der Waals surface area contributed by atoms with Crippen LogP contribution in [0.3, 0.4) is 0 Å². The number of fused-ring (bicyclic) bond motifs is 1. The van der Waals surface area contributed by atoms with E-state index in [2.05, 4.69) is 22.1 Å². The Kier molecular flexibility index (Phi) is 3.75. The normalized spacial score (nSPS) is 18.3. The van der Waals surface area contributed by atoms with Crippen molar-refractivity contribution in [3.05, 3.63) is 53.3 Å². The number of aryl methyl sites for hydroxylation is 1. The van der Waals surface area contributed by atoms with Gasteiger partial charge in [0.25, 0.3) is 0 Å². The lowest BCUT2D eigenvalue weighted by Crippen LogP contribution is -2.45. The standard InChI is InChI=1S/C16H19N3O2/c1-18-9-12(8-17-18)10-19-11-14-6-4-3-5-13(14)7-15(19)16(20)21-2/h3-6,8-9,15H,7,10-11H2,1-2H3. The van der Waals surface area contributed by atoms with E-state index in [9.17, 15) is 4.79 Å². The summed E-state index contributed by atoms with van der Waals surface area (Å²) in [7, 11) is 3.35. The number of esters is 1. The first-order valence-corrected chi connectivity index (χ1v) is 7.03. The van der Waals surface area contributed by atoms with E-state index >= 15 is 0 Å². The summed E-state index contributed by atoms with van der Waals surface area (Å²) in [5, 5.41) is 4.19. The zero-order chi connectivity index (χ0) is 14.8. The molecule has 5 nitrogen and oxygen atoms in total. The third-order valence-electron chi connectivity index (χ3n) is 3.96. The molecule has 21 heavy (non-hydrogen) atoms. The van der Waals surface area contributed by atoms with Crippen LogP contribution in [0, 0.1) is 0 Å². The molecule has 0 saturated carbocycles. The van der Waals surface area contributed by atoms with E-state index < -0.39 is 0 Å². The van der Waals surface area contributed by atoms with Gasteiger partial charge in [-0.1, -0.05) is 24.3 Å². The number of methoxy groups -OCH3 is 1. The van der Waals surface area contributed by atoms with Crippen LogP contribution in [0.2, 0.25) is 0 Å². The van der Waals surface area contributed by atoms with Crippen molar-refractivity contribution in [1.29, 1.82) is 0 Å². The van der Waals surface area contributed by atoms with Crippen LogP contribution in [-0.4, -0.2) is 33.8 Å². The molecule has 2 heterocycles.